The number of aryl methyl sites for hydroxylation is 2. The number of imidazole rings is 1. The zero-order valence-electron chi connectivity index (χ0n) is 12.6. The van der Waals surface area contributed by atoms with Crippen LogP contribution in [0.3, 0.4) is 0 Å². The maximum Gasteiger partial charge on any atom is 0.262 e. The van der Waals surface area contributed by atoms with Gasteiger partial charge in [-0.3, -0.25) is 10.3 Å². The number of hydrogen-bond acceptors (Lipinski definition) is 5. The number of aromatic nitrogens is 2. The Morgan fingerprint density at radius 3 is 2.38 bits per heavy atom. The van der Waals surface area contributed by atoms with Gasteiger partial charge >= 0.3 is 0 Å². The minimum absolute atomic E-state index is 0.0931. The van der Waals surface area contributed by atoms with E-state index in [9.17, 15) is 8.42 Å². The molecule has 1 aliphatic heterocycles. The van der Waals surface area contributed by atoms with Crippen molar-refractivity contribution in [2.45, 2.75) is 24.9 Å². The van der Waals surface area contributed by atoms with Crippen LogP contribution in [0.1, 0.15) is 12.7 Å². The molecule has 9 heteroatoms. The third kappa shape index (κ3) is 3.09. The molecular weight excluding hydrogens is 292 g/mol. The van der Waals surface area contributed by atoms with Crippen molar-refractivity contribution in [3.05, 3.63) is 12.0 Å². The Hall–Kier alpha value is -1.45. The highest BCUT2D eigenvalue weighted by molar-refractivity contribution is 7.89. The van der Waals surface area contributed by atoms with Gasteiger partial charge < -0.3 is 10.3 Å². The fraction of sp³-hybridized carbons (Fsp3) is 0.667. The van der Waals surface area contributed by atoms with Crippen molar-refractivity contribution in [1.29, 1.82) is 5.41 Å². The van der Waals surface area contributed by atoms with E-state index in [2.05, 4.69) is 4.98 Å². The fourth-order valence-electron chi connectivity index (χ4n) is 2.31. The summed E-state index contributed by atoms with van der Waals surface area (Å²) in [5.41, 5.74) is 5.49. The zero-order chi connectivity index (χ0) is 15.8. The third-order valence-corrected chi connectivity index (χ3v) is 5.73. The molecule has 1 fully saturated rings. The van der Waals surface area contributed by atoms with Crippen LogP contribution in [0.2, 0.25) is 0 Å². The molecule has 0 saturated carbocycles. The van der Waals surface area contributed by atoms with Gasteiger partial charge in [0, 0.05) is 39.4 Å². The Labute approximate surface area is 125 Å². The van der Waals surface area contributed by atoms with E-state index in [4.69, 9.17) is 11.1 Å². The van der Waals surface area contributed by atoms with E-state index in [1.54, 1.807) is 18.5 Å². The summed E-state index contributed by atoms with van der Waals surface area (Å²) < 4.78 is 28.2. The summed E-state index contributed by atoms with van der Waals surface area (Å²) in [6, 6.07) is -0.160. The number of amidine groups is 1. The first-order valence-corrected chi connectivity index (χ1v) is 8.25. The van der Waals surface area contributed by atoms with Crippen LogP contribution in [0.5, 0.6) is 0 Å². The van der Waals surface area contributed by atoms with Crippen molar-refractivity contribution in [1.82, 2.24) is 18.8 Å². The molecule has 0 radical (unpaired) electrons. The van der Waals surface area contributed by atoms with Crippen LogP contribution in [-0.4, -0.2) is 65.2 Å². The Morgan fingerprint density at radius 2 is 1.95 bits per heavy atom. The molecule has 1 unspecified atom stereocenters. The maximum atomic E-state index is 12.5. The van der Waals surface area contributed by atoms with Crippen molar-refractivity contribution in [3.8, 4) is 0 Å². The molecule has 0 aliphatic carbocycles. The van der Waals surface area contributed by atoms with Gasteiger partial charge in [0.25, 0.3) is 10.0 Å². The quantitative estimate of drug-likeness (QED) is 0.567. The smallest absolute Gasteiger partial charge is 0.262 e. The molecule has 0 bridgehead atoms. The second kappa shape index (κ2) is 5.74. The van der Waals surface area contributed by atoms with E-state index in [-0.39, 0.29) is 16.9 Å². The lowest BCUT2D eigenvalue weighted by Gasteiger charge is -2.36. The molecule has 118 valence electrons. The van der Waals surface area contributed by atoms with Crippen LogP contribution >= 0.6 is 0 Å². The van der Waals surface area contributed by atoms with Gasteiger partial charge in [-0.25, -0.2) is 13.4 Å². The van der Waals surface area contributed by atoms with E-state index in [0.29, 0.717) is 32.0 Å². The van der Waals surface area contributed by atoms with Crippen molar-refractivity contribution in [3.63, 3.8) is 0 Å². The molecule has 2 rings (SSSR count). The summed E-state index contributed by atoms with van der Waals surface area (Å²) in [5.74, 6) is 0.768. The largest absolute Gasteiger partial charge is 0.386 e. The highest BCUT2D eigenvalue weighted by Gasteiger charge is 2.32. The van der Waals surface area contributed by atoms with Crippen molar-refractivity contribution in [2.75, 3.05) is 26.2 Å². The molecule has 1 aliphatic rings. The summed E-state index contributed by atoms with van der Waals surface area (Å²) >= 11 is 0. The molecule has 2 heterocycles. The van der Waals surface area contributed by atoms with Gasteiger partial charge in [0.15, 0.2) is 5.03 Å². The number of rotatable bonds is 4. The monoisotopic (exact) mass is 314 g/mol. The first kappa shape index (κ1) is 15.9. The number of sulfonamides is 1. The molecule has 0 amide bonds. The SMILES string of the molecule is Cc1nc(S(=O)(=O)N2CCN(C(C)C(=N)N)CC2)cn1C. The Bertz CT molecular complexity index is 611. The van der Waals surface area contributed by atoms with Crippen LogP contribution in [0.15, 0.2) is 11.2 Å². The molecule has 3 N–H and O–H groups in total. The topological polar surface area (TPSA) is 108 Å². The van der Waals surface area contributed by atoms with E-state index >= 15 is 0 Å². The van der Waals surface area contributed by atoms with E-state index in [1.807, 2.05) is 11.8 Å². The minimum Gasteiger partial charge on any atom is -0.386 e. The summed E-state index contributed by atoms with van der Waals surface area (Å²) in [7, 11) is -1.77. The Kier molecular flexibility index (Phi) is 4.35. The molecule has 1 aromatic rings. The molecule has 1 atom stereocenters. The average Bonchev–Trinajstić information content (AvgIpc) is 2.78. The standard InChI is InChI=1S/C12H22N6O2S/c1-9(12(13)14)17-4-6-18(7-5-17)21(19,20)11-8-16(3)10(2)15-11/h8-9H,4-7H2,1-3H3,(H3,13,14). The highest BCUT2D eigenvalue weighted by Crippen LogP contribution is 2.17. The van der Waals surface area contributed by atoms with Gasteiger partial charge in [0.2, 0.25) is 0 Å². The van der Waals surface area contributed by atoms with E-state index in [1.165, 1.54) is 10.5 Å². The van der Waals surface area contributed by atoms with Crippen LogP contribution in [-0.2, 0) is 17.1 Å². The first-order valence-electron chi connectivity index (χ1n) is 6.81. The van der Waals surface area contributed by atoms with Crippen molar-refractivity contribution in [2.24, 2.45) is 12.8 Å². The molecule has 1 aromatic heterocycles. The second-order valence-corrected chi connectivity index (χ2v) is 7.19. The van der Waals surface area contributed by atoms with E-state index in [0.717, 1.165) is 0 Å². The molecular formula is C12H22N6O2S. The number of nitrogens with two attached hydrogens (primary N) is 1. The van der Waals surface area contributed by atoms with Gasteiger partial charge in [0.05, 0.1) is 6.04 Å². The molecule has 8 nitrogen and oxygen atoms in total. The number of hydrogen-bond donors (Lipinski definition) is 2. The number of nitrogens with zero attached hydrogens (tertiary/aromatic N) is 4. The van der Waals surface area contributed by atoms with Crippen molar-refractivity contribution < 1.29 is 8.42 Å². The normalized spacial score (nSPS) is 19.6. The van der Waals surface area contributed by atoms with Gasteiger partial charge in [-0.05, 0) is 13.8 Å². The van der Waals surface area contributed by atoms with Gasteiger partial charge in [-0.15, -0.1) is 0 Å². The van der Waals surface area contributed by atoms with Crippen LogP contribution in [0, 0.1) is 12.3 Å². The fourth-order valence-corrected chi connectivity index (χ4v) is 3.76. The summed E-state index contributed by atoms with van der Waals surface area (Å²) in [6.07, 6.45) is 1.54. The third-order valence-electron chi connectivity index (χ3n) is 3.96. The lowest BCUT2D eigenvalue weighted by Crippen LogP contribution is -2.54. The van der Waals surface area contributed by atoms with E-state index < -0.39 is 10.0 Å². The average molecular weight is 314 g/mol. The van der Waals surface area contributed by atoms with Gasteiger partial charge in [-0.2, -0.15) is 4.31 Å². The second-order valence-electron chi connectivity index (χ2n) is 5.31. The Balaban J connectivity index is 2.09. The Morgan fingerprint density at radius 1 is 1.38 bits per heavy atom. The molecule has 1 saturated heterocycles. The summed E-state index contributed by atoms with van der Waals surface area (Å²) in [5, 5.41) is 7.56. The molecule has 21 heavy (non-hydrogen) atoms. The maximum absolute atomic E-state index is 12.5. The van der Waals surface area contributed by atoms with Crippen molar-refractivity contribution >= 4 is 15.9 Å². The van der Waals surface area contributed by atoms with Crippen LogP contribution in [0.4, 0.5) is 0 Å². The highest BCUT2D eigenvalue weighted by atomic mass is 32.2. The summed E-state index contributed by atoms with van der Waals surface area (Å²) in [4.78, 5) is 6.12. The summed E-state index contributed by atoms with van der Waals surface area (Å²) in [6.45, 7) is 5.52. The molecule has 0 spiro atoms. The lowest BCUT2D eigenvalue weighted by molar-refractivity contribution is 0.173. The number of piperazine rings is 1. The minimum atomic E-state index is -3.54. The van der Waals surface area contributed by atoms with Crippen LogP contribution < -0.4 is 5.73 Å². The zero-order valence-corrected chi connectivity index (χ0v) is 13.4. The predicted octanol–water partition coefficient (Wildman–Crippen LogP) is -0.641. The molecule has 0 aromatic carbocycles. The lowest BCUT2D eigenvalue weighted by atomic mass is 10.2. The number of nitrogens with one attached hydrogen (secondary N) is 1. The van der Waals surface area contributed by atoms with Gasteiger partial charge in [-0.1, -0.05) is 0 Å². The first-order chi connectivity index (χ1) is 9.73. The van der Waals surface area contributed by atoms with Gasteiger partial charge in [0.1, 0.15) is 11.7 Å². The predicted molar refractivity (Wildman–Crippen MR) is 79.7 cm³/mol. The van der Waals surface area contributed by atoms with Crippen LogP contribution in [0.25, 0.3) is 0 Å².